The first-order valence-electron chi connectivity index (χ1n) is 7.07. The molecule has 0 saturated heterocycles. The van der Waals surface area contributed by atoms with Crippen LogP contribution in [0.2, 0.25) is 0 Å². The second-order valence-electron chi connectivity index (χ2n) is 4.72. The maximum Gasteiger partial charge on any atom is 0.252 e. The highest BCUT2D eigenvalue weighted by Gasteiger charge is 2.09. The van der Waals surface area contributed by atoms with Gasteiger partial charge in [0, 0.05) is 23.1 Å². The summed E-state index contributed by atoms with van der Waals surface area (Å²) in [6.07, 6.45) is 0. The predicted molar refractivity (Wildman–Crippen MR) is 91.8 cm³/mol. The third-order valence-electron chi connectivity index (χ3n) is 3.15. The summed E-state index contributed by atoms with van der Waals surface area (Å²) in [4.78, 5) is 24.0. The fourth-order valence-electron chi connectivity index (χ4n) is 1.96. The molecule has 2 rings (SSSR count). The Balaban J connectivity index is 1.80. The quantitative estimate of drug-likeness (QED) is 0.761. The molecule has 0 aliphatic rings. The van der Waals surface area contributed by atoms with Gasteiger partial charge in [0.15, 0.2) is 0 Å². The van der Waals surface area contributed by atoms with Crippen molar-refractivity contribution in [3.8, 4) is 5.75 Å². The van der Waals surface area contributed by atoms with Crippen molar-refractivity contribution < 1.29 is 14.3 Å². The van der Waals surface area contributed by atoms with Crippen LogP contribution >= 0.6 is 15.9 Å². The van der Waals surface area contributed by atoms with Crippen molar-refractivity contribution in [2.75, 3.05) is 20.2 Å². The van der Waals surface area contributed by atoms with Gasteiger partial charge >= 0.3 is 0 Å². The molecule has 23 heavy (non-hydrogen) atoms. The van der Waals surface area contributed by atoms with Gasteiger partial charge in [-0.3, -0.25) is 9.59 Å². The van der Waals surface area contributed by atoms with Gasteiger partial charge < -0.3 is 15.4 Å². The Kier molecular flexibility index (Phi) is 6.17. The number of carbonyl (C=O) groups excluding carboxylic acids is 2. The van der Waals surface area contributed by atoms with Gasteiger partial charge in [-0.1, -0.05) is 18.2 Å². The number of amides is 2. The number of nitrogens with one attached hydrogen (secondary N) is 2. The van der Waals surface area contributed by atoms with Gasteiger partial charge in [-0.25, -0.2) is 0 Å². The molecule has 2 N–H and O–H groups in total. The minimum Gasteiger partial charge on any atom is -0.497 e. The van der Waals surface area contributed by atoms with Crippen LogP contribution in [-0.2, 0) is 0 Å². The minimum atomic E-state index is -0.209. The predicted octanol–water partition coefficient (Wildman–Crippen LogP) is 2.62. The molecule has 120 valence electrons. The lowest BCUT2D eigenvalue weighted by Crippen LogP contribution is -2.34. The molecule has 0 aliphatic carbocycles. The zero-order valence-electron chi connectivity index (χ0n) is 12.6. The monoisotopic (exact) mass is 376 g/mol. The Bertz CT molecular complexity index is 704. The number of hydrogen-bond acceptors (Lipinski definition) is 3. The first kappa shape index (κ1) is 17.0. The van der Waals surface area contributed by atoms with Crippen molar-refractivity contribution >= 4 is 27.7 Å². The average molecular weight is 377 g/mol. The van der Waals surface area contributed by atoms with Crippen LogP contribution < -0.4 is 15.4 Å². The number of ether oxygens (including phenoxy) is 1. The maximum absolute atomic E-state index is 12.0. The fraction of sp³-hybridized carbons (Fsp3) is 0.176. The van der Waals surface area contributed by atoms with Gasteiger partial charge in [-0.05, 0) is 46.3 Å². The lowest BCUT2D eigenvalue weighted by atomic mass is 10.2. The summed E-state index contributed by atoms with van der Waals surface area (Å²) in [5.41, 5.74) is 1.08. The molecule has 0 unspecified atom stereocenters. The smallest absolute Gasteiger partial charge is 0.252 e. The second-order valence-corrected chi connectivity index (χ2v) is 5.58. The Morgan fingerprint density at radius 2 is 1.70 bits per heavy atom. The van der Waals surface area contributed by atoms with Gasteiger partial charge in [0.2, 0.25) is 0 Å². The number of benzene rings is 2. The summed E-state index contributed by atoms with van der Waals surface area (Å²) in [7, 11) is 1.55. The van der Waals surface area contributed by atoms with E-state index in [1.165, 1.54) is 0 Å². The van der Waals surface area contributed by atoms with E-state index in [9.17, 15) is 9.59 Å². The topological polar surface area (TPSA) is 67.4 Å². The van der Waals surface area contributed by atoms with E-state index >= 15 is 0 Å². The molecule has 2 aromatic carbocycles. The highest BCUT2D eigenvalue weighted by molar-refractivity contribution is 9.10. The van der Waals surface area contributed by atoms with Crippen molar-refractivity contribution in [2.45, 2.75) is 0 Å². The summed E-state index contributed by atoms with van der Waals surface area (Å²) >= 11 is 3.33. The van der Waals surface area contributed by atoms with Crippen LogP contribution in [-0.4, -0.2) is 32.0 Å². The van der Waals surface area contributed by atoms with Gasteiger partial charge in [0.1, 0.15) is 5.75 Å². The molecule has 0 atom stereocenters. The third-order valence-corrected chi connectivity index (χ3v) is 3.84. The van der Waals surface area contributed by atoms with Gasteiger partial charge in [0.05, 0.1) is 12.7 Å². The molecule has 2 amide bonds. The number of rotatable bonds is 6. The Hall–Kier alpha value is -2.34. The second kappa shape index (κ2) is 8.33. The average Bonchev–Trinajstić information content (AvgIpc) is 2.58. The lowest BCUT2D eigenvalue weighted by Gasteiger charge is -2.09. The van der Waals surface area contributed by atoms with E-state index in [-0.39, 0.29) is 11.8 Å². The van der Waals surface area contributed by atoms with E-state index in [2.05, 4.69) is 26.6 Å². The lowest BCUT2D eigenvalue weighted by molar-refractivity contribution is 0.0927. The largest absolute Gasteiger partial charge is 0.497 e. The van der Waals surface area contributed by atoms with Crippen LogP contribution in [0.3, 0.4) is 0 Å². The van der Waals surface area contributed by atoms with Gasteiger partial charge in [0.25, 0.3) is 11.8 Å². The number of hydrogen-bond donors (Lipinski definition) is 2. The highest BCUT2D eigenvalue weighted by Crippen LogP contribution is 2.15. The van der Waals surface area contributed by atoms with Crippen LogP contribution in [0, 0.1) is 0 Å². The zero-order valence-corrected chi connectivity index (χ0v) is 14.2. The van der Waals surface area contributed by atoms with E-state index in [1.54, 1.807) is 49.6 Å². The van der Waals surface area contributed by atoms with Crippen molar-refractivity contribution in [3.05, 3.63) is 64.1 Å². The summed E-state index contributed by atoms with van der Waals surface area (Å²) < 4.78 is 5.82. The van der Waals surface area contributed by atoms with Crippen molar-refractivity contribution in [1.29, 1.82) is 0 Å². The Morgan fingerprint density at radius 1 is 1.00 bits per heavy atom. The van der Waals surface area contributed by atoms with Crippen LogP contribution in [0.25, 0.3) is 0 Å². The van der Waals surface area contributed by atoms with E-state index in [1.807, 2.05) is 6.07 Å². The maximum atomic E-state index is 12.0. The summed E-state index contributed by atoms with van der Waals surface area (Å²) in [5.74, 6) is 0.229. The fourth-order valence-corrected chi connectivity index (χ4v) is 2.42. The first-order chi connectivity index (χ1) is 11.1. The first-order valence-corrected chi connectivity index (χ1v) is 7.86. The molecule has 0 bridgehead atoms. The number of halogens is 1. The Labute approximate surface area is 143 Å². The van der Waals surface area contributed by atoms with Crippen LogP contribution in [0.1, 0.15) is 20.7 Å². The van der Waals surface area contributed by atoms with Crippen molar-refractivity contribution in [1.82, 2.24) is 10.6 Å². The van der Waals surface area contributed by atoms with Crippen LogP contribution in [0.4, 0.5) is 0 Å². The Morgan fingerprint density at radius 3 is 2.39 bits per heavy atom. The van der Waals surface area contributed by atoms with E-state index in [0.717, 1.165) is 4.47 Å². The summed E-state index contributed by atoms with van der Waals surface area (Å²) in [6.45, 7) is 0.683. The third kappa shape index (κ3) is 4.82. The molecule has 2 aromatic rings. The molecule has 6 heteroatoms. The molecule has 0 radical (unpaired) electrons. The zero-order chi connectivity index (χ0) is 16.7. The minimum absolute atomic E-state index is 0.187. The van der Waals surface area contributed by atoms with Crippen molar-refractivity contribution in [3.63, 3.8) is 0 Å². The van der Waals surface area contributed by atoms with Gasteiger partial charge in [-0.15, -0.1) is 0 Å². The summed E-state index contributed by atoms with van der Waals surface area (Å²) in [5, 5.41) is 5.51. The molecular weight excluding hydrogens is 360 g/mol. The highest BCUT2D eigenvalue weighted by atomic mass is 79.9. The molecular formula is C17H17BrN2O3. The standard InChI is InChI=1S/C17H17BrN2O3/c1-23-13-6-4-5-12(11-13)16(21)19-9-10-20-17(22)14-7-2-3-8-15(14)18/h2-8,11H,9-10H2,1H3,(H,19,21)(H,20,22). The van der Waals surface area contributed by atoms with E-state index in [4.69, 9.17) is 4.74 Å². The number of methoxy groups -OCH3 is 1. The normalized spacial score (nSPS) is 10.0. The van der Waals surface area contributed by atoms with E-state index < -0.39 is 0 Å². The SMILES string of the molecule is COc1cccc(C(=O)NCCNC(=O)c2ccccc2Br)c1. The molecule has 0 spiro atoms. The van der Waals surface area contributed by atoms with E-state index in [0.29, 0.717) is 30.0 Å². The molecule has 0 fully saturated rings. The van der Waals surface area contributed by atoms with Crippen molar-refractivity contribution in [2.24, 2.45) is 0 Å². The molecule has 5 nitrogen and oxygen atoms in total. The molecule has 0 aliphatic heterocycles. The molecule has 0 saturated carbocycles. The molecule has 0 aromatic heterocycles. The molecule has 0 heterocycles. The summed E-state index contributed by atoms with van der Waals surface area (Å²) in [6, 6.07) is 14.1. The number of carbonyl (C=O) groups is 2. The van der Waals surface area contributed by atoms with Gasteiger partial charge in [-0.2, -0.15) is 0 Å². The van der Waals surface area contributed by atoms with Crippen LogP contribution in [0.15, 0.2) is 53.0 Å². The van der Waals surface area contributed by atoms with Crippen LogP contribution in [0.5, 0.6) is 5.75 Å².